The van der Waals surface area contributed by atoms with Gasteiger partial charge in [-0.2, -0.15) is 0 Å². The van der Waals surface area contributed by atoms with Gasteiger partial charge in [0.25, 0.3) is 5.91 Å². The SMILES string of the molecule is CC(=O)c1ccc(-c2nc(N3C[C@@H]4[C@H](C3)[C@H]4NC(=O)c3[nH]c(C)c(Cl)c3Cl)sc2C(=O)O)cc1.[LiH]. The molecule has 0 spiro atoms. The molecule has 0 bridgehead atoms. The first-order valence-electron chi connectivity index (χ1n) is 10.6. The van der Waals surface area contributed by atoms with Crippen molar-refractivity contribution < 1.29 is 19.5 Å². The van der Waals surface area contributed by atoms with Gasteiger partial charge in [0.1, 0.15) is 10.6 Å². The topological polar surface area (TPSA) is 115 Å². The first kappa shape index (κ1) is 25.8. The zero-order valence-electron chi connectivity index (χ0n) is 18.2. The molecule has 1 aliphatic heterocycles. The zero-order chi connectivity index (χ0) is 24.3. The van der Waals surface area contributed by atoms with Crippen LogP contribution >= 0.6 is 34.5 Å². The summed E-state index contributed by atoms with van der Waals surface area (Å²) in [6, 6.07) is 6.81. The molecule has 3 atom stereocenters. The summed E-state index contributed by atoms with van der Waals surface area (Å²) in [6.45, 7) is 4.57. The van der Waals surface area contributed by atoms with Crippen LogP contribution in [0.2, 0.25) is 10.0 Å². The summed E-state index contributed by atoms with van der Waals surface area (Å²) < 4.78 is 0. The number of carbonyl (C=O) groups is 3. The van der Waals surface area contributed by atoms with Gasteiger partial charge in [-0.25, -0.2) is 9.78 Å². The van der Waals surface area contributed by atoms with E-state index >= 15 is 0 Å². The molecule has 2 aromatic heterocycles. The molecule has 1 saturated heterocycles. The van der Waals surface area contributed by atoms with E-state index in [2.05, 4.69) is 20.2 Å². The number of fused-ring (bicyclic) bond motifs is 1. The Morgan fingerprint density at radius 1 is 1.14 bits per heavy atom. The van der Waals surface area contributed by atoms with Gasteiger partial charge in [0.05, 0.1) is 15.7 Å². The maximum atomic E-state index is 12.6. The van der Waals surface area contributed by atoms with Crippen molar-refractivity contribution in [3.8, 4) is 11.3 Å². The third-order valence-electron chi connectivity index (χ3n) is 6.42. The molecule has 5 rings (SSSR count). The number of nitrogens with zero attached hydrogens (tertiary/aromatic N) is 2. The average Bonchev–Trinajstić information content (AvgIpc) is 3.19. The predicted molar refractivity (Wildman–Crippen MR) is 138 cm³/mol. The van der Waals surface area contributed by atoms with Crippen LogP contribution in [0.5, 0.6) is 0 Å². The first-order chi connectivity index (χ1) is 16.2. The monoisotopic (exact) mass is 526 g/mol. The van der Waals surface area contributed by atoms with Crippen LogP contribution in [-0.4, -0.2) is 70.7 Å². The number of halogens is 2. The Morgan fingerprint density at radius 2 is 1.77 bits per heavy atom. The van der Waals surface area contributed by atoms with Crippen molar-refractivity contribution in [1.82, 2.24) is 15.3 Å². The van der Waals surface area contributed by atoms with E-state index in [4.69, 9.17) is 23.2 Å². The molecule has 2 aliphatic rings. The third-order valence-corrected chi connectivity index (χ3v) is 8.47. The molecule has 1 aromatic carbocycles. The summed E-state index contributed by atoms with van der Waals surface area (Å²) in [5.74, 6) is -0.876. The zero-order valence-corrected chi connectivity index (χ0v) is 20.5. The van der Waals surface area contributed by atoms with Crippen LogP contribution in [0.3, 0.4) is 0 Å². The number of hydrogen-bond donors (Lipinski definition) is 3. The van der Waals surface area contributed by atoms with E-state index in [9.17, 15) is 19.5 Å². The Balaban J connectivity index is 0.00000289. The fraction of sp³-hybridized carbons (Fsp3) is 0.304. The molecule has 12 heteroatoms. The van der Waals surface area contributed by atoms with E-state index in [1.165, 1.54) is 6.92 Å². The molecule has 3 N–H and O–H groups in total. The Hall–Kier alpha value is -2.28. The first-order valence-corrected chi connectivity index (χ1v) is 12.2. The van der Waals surface area contributed by atoms with E-state index in [1.807, 2.05) is 0 Å². The number of carboxylic acids is 1. The molecule has 3 aromatic rings. The molecule has 2 fully saturated rings. The van der Waals surface area contributed by atoms with Crippen LogP contribution in [0.25, 0.3) is 11.3 Å². The second-order valence-electron chi connectivity index (χ2n) is 8.60. The van der Waals surface area contributed by atoms with Gasteiger partial charge in [0.2, 0.25) is 0 Å². The molecule has 1 amide bonds. The number of thiazole rings is 1. The number of nitrogens with one attached hydrogen (secondary N) is 2. The van der Waals surface area contributed by atoms with E-state index < -0.39 is 5.97 Å². The summed E-state index contributed by atoms with van der Waals surface area (Å²) >= 11 is 13.4. The van der Waals surface area contributed by atoms with Gasteiger partial charge in [0, 0.05) is 47.8 Å². The number of carboxylic acid groups (broad SMARTS) is 1. The fourth-order valence-electron chi connectivity index (χ4n) is 4.50. The van der Waals surface area contributed by atoms with Gasteiger partial charge in [-0.3, -0.25) is 9.59 Å². The van der Waals surface area contributed by atoms with E-state index in [0.717, 1.165) is 11.3 Å². The number of hydrogen-bond acceptors (Lipinski definition) is 6. The van der Waals surface area contributed by atoms with Crippen LogP contribution in [0, 0.1) is 18.8 Å². The van der Waals surface area contributed by atoms with Crippen LogP contribution in [-0.2, 0) is 0 Å². The van der Waals surface area contributed by atoms with E-state index in [-0.39, 0.29) is 64.0 Å². The third kappa shape index (κ3) is 4.64. The molecule has 0 unspecified atom stereocenters. The Labute approximate surface area is 227 Å². The number of carbonyl (C=O) groups excluding carboxylic acids is 2. The van der Waals surface area contributed by atoms with Gasteiger partial charge < -0.3 is 20.3 Å². The Bertz CT molecular complexity index is 1330. The number of H-pyrrole nitrogens is 1. The Morgan fingerprint density at radius 3 is 2.29 bits per heavy atom. The average molecular weight is 527 g/mol. The van der Waals surface area contributed by atoms with E-state index in [1.54, 1.807) is 31.2 Å². The number of amides is 1. The normalized spacial score (nSPS) is 20.2. The molecule has 35 heavy (non-hydrogen) atoms. The number of anilines is 1. The van der Waals surface area contributed by atoms with Crippen molar-refractivity contribution in [2.24, 2.45) is 11.8 Å². The molecule has 3 heterocycles. The predicted octanol–water partition coefficient (Wildman–Crippen LogP) is 3.87. The summed E-state index contributed by atoms with van der Waals surface area (Å²) in [4.78, 5) is 45.8. The number of Topliss-reactive ketones (excluding diaryl/α,β-unsaturated/α-hetero) is 1. The van der Waals surface area contributed by atoms with Crippen LogP contribution in [0.4, 0.5) is 5.13 Å². The number of aryl methyl sites for hydroxylation is 1. The van der Waals surface area contributed by atoms with Gasteiger partial charge in [-0.15, -0.1) is 0 Å². The number of benzene rings is 1. The molecule has 8 nitrogen and oxygen atoms in total. The van der Waals surface area contributed by atoms with Crippen molar-refractivity contribution in [3.05, 3.63) is 56.1 Å². The van der Waals surface area contributed by atoms with Crippen LogP contribution in [0.1, 0.15) is 43.1 Å². The fourth-order valence-corrected chi connectivity index (χ4v) is 5.86. The van der Waals surface area contributed by atoms with Crippen molar-refractivity contribution in [1.29, 1.82) is 0 Å². The van der Waals surface area contributed by atoms with Crippen molar-refractivity contribution >= 4 is 76.2 Å². The number of aromatic amines is 1. The van der Waals surface area contributed by atoms with Gasteiger partial charge >= 0.3 is 24.8 Å². The summed E-state index contributed by atoms with van der Waals surface area (Å²) in [5, 5.41) is 13.9. The minimum absolute atomic E-state index is 0. The van der Waals surface area contributed by atoms with Gasteiger partial charge in [-0.05, 0) is 13.8 Å². The number of aromatic carboxylic acids is 1. The van der Waals surface area contributed by atoms with Crippen molar-refractivity contribution in [3.63, 3.8) is 0 Å². The van der Waals surface area contributed by atoms with Gasteiger partial charge in [0.15, 0.2) is 10.9 Å². The van der Waals surface area contributed by atoms with Gasteiger partial charge in [-0.1, -0.05) is 58.8 Å². The molecule has 0 radical (unpaired) electrons. The maximum absolute atomic E-state index is 12.6. The number of aromatic nitrogens is 2. The molecule has 1 saturated carbocycles. The molecule has 178 valence electrons. The minimum atomic E-state index is -1.04. The van der Waals surface area contributed by atoms with Crippen LogP contribution in [0.15, 0.2) is 24.3 Å². The van der Waals surface area contributed by atoms with Crippen LogP contribution < -0.4 is 10.2 Å². The summed E-state index contributed by atoms with van der Waals surface area (Å²) in [5.41, 5.74) is 2.50. The number of piperidine rings is 1. The quantitative estimate of drug-likeness (QED) is 0.331. The Kier molecular flexibility index (Phi) is 7.11. The number of rotatable bonds is 6. The number of ketones is 1. The summed E-state index contributed by atoms with van der Waals surface area (Å²) in [7, 11) is 0. The van der Waals surface area contributed by atoms with E-state index in [0.29, 0.717) is 45.8 Å². The summed E-state index contributed by atoms with van der Waals surface area (Å²) in [6.07, 6.45) is 0. The van der Waals surface area contributed by atoms with Crippen molar-refractivity contribution in [2.75, 3.05) is 18.0 Å². The van der Waals surface area contributed by atoms with Crippen molar-refractivity contribution in [2.45, 2.75) is 19.9 Å². The second-order valence-corrected chi connectivity index (χ2v) is 10.3. The molecule has 1 aliphatic carbocycles. The molecular formula is C23H21Cl2LiN4O4S. The molecular weight excluding hydrogens is 506 g/mol. The standard InChI is InChI=1S/C23H20Cl2N4O4S.Li.H/c1-9-15(24)16(25)19(26-9)21(31)27-18-13-7-29(8-14(13)18)23-28-17(20(34-23)22(32)33)12-5-3-11(4-6-12)10(2)30;;/h3-6,13-14,18,26H,7-8H2,1-2H3,(H,27,31)(H,32,33);;/t13-,14+,18+;;. The second kappa shape index (κ2) is 9.64.